The minimum Gasteiger partial charge on any atom is -0.462 e. The molecule has 122 valence electrons. The quantitative estimate of drug-likeness (QED) is 0.698. The average molecular weight is 342 g/mol. The molecule has 0 unspecified atom stereocenters. The van der Waals surface area contributed by atoms with Crippen LogP contribution in [-0.2, 0) is 11.2 Å². The van der Waals surface area contributed by atoms with Crippen molar-refractivity contribution in [2.75, 3.05) is 5.32 Å². The van der Waals surface area contributed by atoms with Crippen LogP contribution < -0.4 is 5.32 Å². The molecule has 0 radical (unpaired) electrons. The number of benzene rings is 1. The number of aromatic nitrogens is 1. The van der Waals surface area contributed by atoms with Gasteiger partial charge in [0.1, 0.15) is 17.3 Å². The van der Waals surface area contributed by atoms with Crippen LogP contribution in [0.4, 0.5) is 9.52 Å². The molecule has 0 aliphatic carbocycles. The highest BCUT2D eigenvalue weighted by Crippen LogP contribution is 2.22. The van der Waals surface area contributed by atoms with Crippen molar-refractivity contribution in [1.29, 1.82) is 0 Å². The predicted molar refractivity (Wildman–Crippen MR) is 92.4 cm³/mol. The number of hydrogen-bond donors (Lipinski definition) is 1. The minimum absolute atomic E-state index is 0.242. The fourth-order valence-electron chi connectivity index (χ4n) is 2.12. The second-order valence-corrected chi connectivity index (χ2v) is 6.29. The van der Waals surface area contributed by atoms with Crippen molar-refractivity contribution in [2.45, 2.75) is 13.3 Å². The topological polar surface area (TPSA) is 55.1 Å². The first-order valence-electron chi connectivity index (χ1n) is 7.34. The summed E-state index contributed by atoms with van der Waals surface area (Å²) in [7, 11) is 0. The van der Waals surface area contributed by atoms with Gasteiger partial charge in [0.25, 0.3) is 0 Å². The SMILES string of the molecule is Cc1ccc(/C=C/C(=O)Nc2ncc(Cc3ccccc3F)s2)o1. The third-order valence-corrected chi connectivity index (χ3v) is 4.18. The number of aryl methyl sites for hydroxylation is 1. The summed E-state index contributed by atoms with van der Waals surface area (Å²) in [5.74, 6) is 0.860. The molecule has 0 fully saturated rings. The third kappa shape index (κ3) is 4.17. The number of amides is 1. The van der Waals surface area contributed by atoms with Crippen molar-refractivity contribution in [3.63, 3.8) is 0 Å². The van der Waals surface area contributed by atoms with Crippen LogP contribution >= 0.6 is 11.3 Å². The molecular weight excluding hydrogens is 327 g/mol. The van der Waals surface area contributed by atoms with Crippen LogP contribution in [0.15, 0.2) is 53.1 Å². The number of hydrogen-bond acceptors (Lipinski definition) is 4. The Morgan fingerprint density at radius 1 is 1.33 bits per heavy atom. The van der Waals surface area contributed by atoms with Crippen molar-refractivity contribution in [3.8, 4) is 0 Å². The summed E-state index contributed by atoms with van der Waals surface area (Å²) >= 11 is 1.32. The molecule has 1 aromatic carbocycles. The summed E-state index contributed by atoms with van der Waals surface area (Å²) in [5, 5.41) is 3.16. The van der Waals surface area contributed by atoms with E-state index in [-0.39, 0.29) is 11.7 Å². The number of carbonyl (C=O) groups is 1. The maximum atomic E-state index is 13.7. The van der Waals surface area contributed by atoms with Gasteiger partial charge in [-0.15, -0.1) is 11.3 Å². The Balaban J connectivity index is 1.60. The van der Waals surface area contributed by atoms with Gasteiger partial charge in [-0.3, -0.25) is 10.1 Å². The molecule has 0 aliphatic rings. The maximum absolute atomic E-state index is 13.7. The maximum Gasteiger partial charge on any atom is 0.250 e. The summed E-state index contributed by atoms with van der Waals surface area (Å²) in [6.45, 7) is 1.84. The molecule has 3 aromatic rings. The van der Waals surface area contributed by atoms with Crippen molar-refractivity contribution in [3.05, 3.63) is 76.4 Å². The molecule has 0 aliphatic heterocycles. The lowest BCUT2D eigenvalue weighted by Gasteiger charge is -1.99. The van der Waals surface area contributed by atoms with Gasteiger partial charge in [0.05, 0.1) is 0 Å². The zero-order chi connectivity index (χ0) is 16.9. The van der Waals surface area contributed by atoms with Crippen molar-refractivity contribution >= 4 is 28.5 Å². The van der Waals surface area contributed by atoms with Gasteiger partial charge >= 0.3 is 0 Å². The number of carbonyl (C=O) groups excluding carboxylic acids is 1. The first kappa shape index (κ1) is 16.1. The molecule has 3 rings (SSSR count). The Morgan fingerprint density at radius 3 is 2.92 bits per heavy atom. The largest absolute Gasteiger partial charge is 0.462 e. The van der Waals surface area contributed by atoms with Gasteiger partial charge in [0.15, 0.2) is 5.13 Å². The molecule has 1 N–H and O–H groups in total. The van der Waals surface area contributed by atoms with Crippen LogP contribution in [0.1, 0.15) is 22.0 Å². The summed E-state index contributed by atoms with van der Waals surface area (Å²) in [4.78, 5) is 16.9. The fraction of sp³-hybridized carbons (Fsp3) is 0.111. The fourth-order valence-corrected chi connectivity index (χ4v) is 2.96. The lowest BCUT2D eigenvalue weighted by molar-refractivity contribution is -0.111. The molecule has 24 heavy (non-hydrogen) atoms. The summed E-state index contributed by atoms with van der Waals surface area (Å²) in [5.41, 5.74) is 0.604. The first-order chi connectivity index (χ1) is 11.6. The summed E-state index contributed by atoms with van der Waals surface area (Å²) < 4.78 is 19.0. The Morgan fingerprint density at radius 2 is 2.17 bits per heavy atom. The van der Waals surface area contributed by atoms with E-state index in [2.05, 4.69) is 10.3 Å². The van der Waals surface area contributed by atoms with E-state index in [4.69, 9.17) is 4.42 Å². The zero-order valence-corrected chi connectivity index (χ0v) is 13.8. The number of furan rings is 1. The van der Waals surface area contributed by atoms with Crippen LogP contribution in [-0.4, -0.2) is 10.9 Å². The van der Waals surface area contributed by atoms with Crippen LogP contribution in [0.5, 0.6) is 0 Å². The molecule has 2 aromatic heterocycles. The molecule has 1 amide bonds. The lowest BCUT2D eigenvalue weighted by Crippen LogP contribution is -2.06. The van der Waals surface area contributed by atoms with E-state index in [0.717, 1.165) is 10.6 Å². The van der Waals surface area contributed by atoms with E-state index in [1.807, 2.05) is 13.0 Å². The number of anilines is 1. The van der Waals surface area contributed by atoms with Gasteiger partial charge in [0, 0.05) is 23.6 Å². The Labute approximate surface area is 142 Å². The number of rotatable bonds is 5. The Hall–Kier alpha value is -2.73. The summed E-state index contributed by atoms with van der Waals surface area (Å²) in [6, 6.07) is 10.2. The second-order valence-electron chi connectivity index (χ2n) is 5.17. The van der Waals surface area contributed by atoms with Crippen molar-refractivity contribution in [2.24, 2.45) is 0 Å². The Kier molecular flexibility index (Phi) is 4.86. The number of nitrogens with zero attached hydrogens (tertiary/aromatic N) is 1. The van der Waals surface area contributed by atoms with Crippen LogP contribution in [0.3, 0.4) is 0 Å². The normalized spacial score (nSPS) is 11.1. The van der Waals surface area contributed by atoms with Gasteiger partial charge in [0.2, 0.25) is 5.91 Å². The molecule has 0 bridgehead atoms. The van der Waals surface area contributed by atoms with Crippen LogP contribution in [0.2, 0.25) is 0 Å². The highest BCUT2D eigenvalue weighted by Gasteiger charge is 2.08. The molecule has 0 saturated carbocycles. The monoisotopic (exact) mass is 342 g/mol. The Bertz CT molecular complexity index is 883. The van der Waals surface area contributed by atoms with E-state index >= 15 is 0 Å². The molecule has 0 saturated heterocycles. The third-order valence-electron chi connectivity index (χ3n) is 3.27. The second kappa shape index (κ2) is 7.23. The van der Waals surface area contributed by atoms with Crippen LogP contribution in [0, 0.1) is 12.7 Å². The zero-order valence-electron chi connectivity index (χ0n) is 13.0. The molecule has 4 nitrogen and oxygen atoms in total. The average Bonchev–Trinajstić information content (AvgIpc) is 3.17. The van der Waals surface area contributed by atoms with Gasteiger partial charge in [-0.2, -0.15) is 0 Å². The number of halogens is 1. The minimum atomic E-state index is -0.296. The summed E-state index contributed by atoms with van der Waals surface area (Å²) in [6.07, 6.45) is 5.07. The molecule has 6 heteroatoms. The standard InChI is InChI=1S/C18H15FN2O2S/c1-12-6-7-14(23-12)8-9-17(22)21-18-20-11-15(24-18)10-13-4-2-3-5-16(13)19/h2-9,11H,10H2,1H3,(H,20,21,22)/b9-8+. The van der Waals surface area contributed by atoms with Gasteiger partial charge < -0.3 is 4.42 Å². The molecule has 2 heterocycles. The van der Waals surface area contributed by atoms with E-state index in [1.165, 1.54) is 23.5 Å². The highest BCUT2D eigenvalue weighted by atomic mass is 32.1. The molecule has 0 spiro atoms. The predicted octanol–water partition coefficient (Wildman–Crippen LogP) is 4.43. The van der Waals surface area contributed by atoms with Crippen LogP contribution in [0.25, 0.3) is 6.08 Å². The number of thiazole rings is 1. The smallest absolute Gasteiger partial charge is 0.250 e. The van der Waals surface area contributed by atoms with Gasteiger partial charge in [-0.25, -0.2) is 9.37 Å². The van der Waals surface area contributed by atoms with Gasteiger partial charge in [-0.05, 0) is 36.8 Å². The lowest BCUT2D eigenvalue weighted by atomic mass is 10.1. The highest BCUT2D eigenvalue weighted by molar-refractivity contribution is 7.15. The first-order valence-corrected chi connectivity index (χ1v) is 8.15. The number of nitrogens with one attached hydrogen (secondary N) is 1. The van der Waals surface area contributed by atoms with Gasteiger partial charge in [-0.1, -0.05) is 18.2 Å². The van der Waals surface area contributed by atoms with Crippen molar-refractivity contribution < 1.29 is 13.6 Å². The van der Waals surface area contributed by atoms with E-state index in [0.29, 0.717) is 22.9 Å². The van der Waals surface area contributed by atoms with E-state index < -0.39 is 0 Å². The van der Waals surface area contributed by atoms with Crippen molar-refractivity contribution in [1.82, 2.24) is 4.98 Å². The van der Waals surface area contributed by atoms with E-state index in [9.17, 15) is 9.18 Å². The molecular formula is C18H15FN2O2S. The molecule has 0 atom stereocenters. The van der Waals surface area contributed by atoms with E-state index in [1.54, 1.807) is 36.5 Å².